The van der Waals surface area contributed by atoms with E-state index >= 15 is 0 Å². The van der Waals surface area contributed by atoms with Crippen LogP contribution in [0.15, 0.2) is 206 Å². The molecule has 2 heteroatoms. The first-order valence-electron chi connectivity index (χ1n) is 19.1. The summed E-state index contributed by atoms with van der Waals surface area (Å²) >= 11 is 0. The fourth-order valence-electron chi connectivity index (χ4n) is 7.57. The molecule has 0 saturated carbocycles. The zero-order valence-electron chi connectivity index (χ0n) is 31.5. The lowest BCUT2D eigenvalue weighted by atomic mass is 9.94. The number of pyridine rings is 2. The van der Waals surface area contributed by atoms with Gasteiger partial charge in [-0.3, -0.25) is 0 Å². The van der Waals surface area contributed by atoms with Crippen LogP contribution in [-0.2, 0) is 0 Å². The standard InChI is InChI=1S/C54H40N2/c1-37-16-9-11-28-49(37)43-24-14-26-45(31-43)53-35-47(33-51(55-53)39-18-5-3-6-19-39)41-22-13-23-42(30-41)48-34-52(40-20-7-4-8-21-40)56-54(36-48)46-27-15-25-44(32-46)50-29-12-10-17-38(50)2/h3-36H,1-2H3. The molecule has 0 N–H and O–H groups in total. The van der Waals surface area contributed by atoms with E-state index in [1.54, 1.807) is 0 Å². The summed E-state index contributed by atoms with van der Waals surface area (Å²) in [6, 6.07) is 73.3. The van der Waals surface area contributed by atoms with E-state index in [0.29, 0.717) is 0 Å². The molecule has 9 aromatic rings. The zero-order valence-corrected chi connectivity index (χ0v) is 31.5. The minimum atomic E-state index is 0.938. The second kappa shape index (κ2) is 15.3. The van der Waals surface area contributed by atoms with Gasteiger partial charge in [0.2, 0.25) is 0 Å². The Hall–Kier alpha value is -7.16. The third-order valence-corrected chi connectivity index (χ3v) is 10.5. The molecule has 0 saturated heterocycles. The molecular weight excluding hydrogens is 677 g/mol. The van der Waals surface area contributed by atoms with Crippen LogP contribution < -0.4 is 0 Å². The first kappa shape index (κ1) is 34.6. The number of hydrogen-bond acceptors (Lipinski definition) is 2. The van der Waals surface area contributed by atoms with Crippen molar-refractivity contribution in [1.29, 1.82) is 0 Å². The molecule has 0 aliphatic heterocycles. The summed E-state index contributed by atoms with van der Waals surface area (Å²) in [5.41, 5.74) is 19.9. The second-order valence-electron chi connectivity index (χ2n) is 14.4. The van der Waals surface area contributed by atoms with Crippen LogP contribution in [-0.4, -0.2) is 9.97 Å². The van der Waals surface area contributed by atoms with Crippen molar-refractivity contribution in [2.45, 2.75) is 13.8 Å². The molecule has 0 bridgehead atoms. The number of rotatable bonds is 8. The van der Waals surface area contributed by atoms with Gasteiger partial charge < -0.3 is 0 Å². The van der Waals surface area contributed by atoms with Crippen LogP contribution in [0.25, 0.3) is 89.5 Å². The Morgan fingerprint density at radius 2 is 0.536 bits per heavy atom. The van der Waals surface area contributed by atoms with Crippen LogP contribution in [0.1, 0.15) is 11.1 Å². The van der Waals surface area contributed by atoms with Crippen molar-refractivity contribution in [3.8, 4) is 89.5 Å². The van der Waals surface area contributed by atoms with Gasteiger partial charge in [0.25, 0.3) is 0 Å². The van der Waals surface area contributed by atoms with Crippen LogP contribution >= 0.6 is 0 Å². The molecule has 0 aliphatic carbocycles. The Kier molecular flexibility index (Phi) is 9.45. The lowest BCUT2D eigenvalue weighted by Crippen LogP contribution is -1.93. The molecule has 0 fully saturated rings. The summed E-state index contributed by atoms with van der Waals surface area (Å²) in [7, 11) is 0. The maximum atomic E-state index is 5.25. The number of aryl methyl sites for hydroxylation is 2. The van der Waals surface area contributed by atoms with E-state index in [1.807, 2.05) is 0 Å². The van der Waals surface area contributed by atoms with E-state index in [4.69, 9.17) is 9.97 Å². The second-order valence-corrected chi connectivity index (χ2v) is 14.4. The third-order valence-electron chi connectivity index (χ3n) is 10.5. The van der Waals surface area contributed by atoms with Gasteiger partial charge in [-0.05, 0) is 112 Å². The third kappa shape index (κ3) is 7.21. The van der Waals surface area contributed by atoms with E-state index in [-0.39, 0.29) is 0 Å². The topological polar surface area (TPSA) is 25.8 Å². The summed E-state index contributed by atoms with van der Waals surface area (Å²) in [4.78, 5) is 10.5. The van der Waals surface area contributed by atoms with Gasteiger partial charge in [-0.2, -0.15) is 0 Å². The SMILES string of the molecule is Cc1ccccc1-c1cccc(-c2cc(-c3cccc(-c4cc(-c5ccccc5)nc(-c5cccc(-c6ccccc6C)c5)c4)c3)cc(-c3ccccc3)n2)c1. The molecule has 0 atom stereocenters. The molecule has 2 aromatic heterocycles. The van der Waals surface area contributed by atoms with Gasteiger partial charge in [0.05, 0.1) is 22.8 Å². The van der Waals surface area contributed by atoms with Gasteiger partial charge in [0.1, 0.15) is 0 Å². The highest BCUT2D eigenvalue weighted by Crippen LogP contribution is 2.37. The quantitative estimate of drug-likeness (QED) is 0.156. The summed E-state index contributed by atoms with van der Waals surface area (Å²) in [5, 5.41) is 0. The van der Waals surface area contributed by atoms with E-state index < -0.39 is 0 Å². The highest BCUT2D eigenvalue weighted by Gasteiger charge is 2.14. The number of nitrogens with zero attached hydrogens (tertiary/aromatic N) is 2. The maximum absolute atomic E-state index is 5.25. The Morgan fingerprint density at radius 1 is 0.232 bits per heavy atom. The molecular formula is C54H40N2. The van der Waals surface area contributed by atoms with Crippen molar-refractivity contribution >= 4 is 0 Å². The van der Waals surface area contributed by atoms with Gasteiger partial charge in [-0.15, -0.1) is 0 Å². The predicted molar refractivity (Wildman–Crippen MR) is 235 cm³/mol. The Balaban J connectivity index is 1.17. The Bertz CT molecular complexity index is 2630. The van der Waals surface area contributed by atoms with Gasteiger partial charge in [-0.25, -0.2) is 9.97 Å². The van der Waals surface area contributed by atoms with Crippen LogP contribution in [0, 0.1) is 13.8 Å². The first-order chi connectivity index (χ1) is 27.6. The van der Waals surface area contributed by atoms with E-state index in [1.165, 1.54) is 33.4 Å². The van der Waals surface area contributed by atoms with Crippen molar-refractivity contribution in [1.82, 2.24) is 9.97 Å². The van der Waals surface area contributed by atoms with Gasteiger partial charge in [-0.1, -0.05) is 164 Å². The van der Waals surface area contributed by atoms with Gasteiger partial charge in [0, 0.05) is 22.3 Å². The zero-order chi connectivity index (χ0) is 37.8. The first-order valence-corrected chi connectivity index (χ1v) is 19.1. The smallest absolute Gasteiger partial charge is 0.0715 e. The molecule has 2 heterocycles. The summed E-state index contributed by atoms with van der Waals surface area (Å²) < 4.78 is 0. The number of aromatic nitrogens is 2. The summed E-state index contributed by atoms with van der Waals surface area (Å²) in [6.45, 7) is 4.33. The average molecular weight is 717 g/mol. The van der Waals surface area contributed by atoms with Crippen LogP contribution in [0.4, 0.5) is 0 Å². The molecule has 266 valence electrons. The highest BCUT2D eigenvalue weighted by atomic mass is 14.7. The molecule has 9 rings (SSSR count). The van der Waals surface area contributed by atoms with Crippen LogP contribution in [0.5, 0.6) is 0 Å². The molecule has 2 nitrogen and oxygen atoms in total. The summed E-state index contributed by atoms with van der Waals surface area (Å²) in [5.74, 6) is 0. The average Bonchev–Trinajstić information content (AvgIpc) is 3.27. The van der Waals surface area contributed by atoms with Crippen molar-refractivity contribution in [3.63, 3.8) is 0 Å². The van der Waals surface area contributed by atoms with Crippen LogP contribution in [0.3, 0.4) is 0 Å². The lowest BCUT2D eigenvalue weighted by molar-refractivity contribution is 1.32. The molecule has 56 heavy (non-hydrogen) atoms. The van der Waals surface area contributed by atoms with Gasteiger partial charge >= 0.3 is 0 Å². The molecule has 0 unspecified atom stereocenters. The fraction of sp³-hybridized carbons (Fsp3) is 0.0370. The number of benzene rings is 7. The van der Waals surface area contributed by atoms with E-state index in [9.17, 15) is 0 Å². The van der Waals surface area contributed by atoms with Crippen molar-refractivity contribution in [3.05, 3.63) is 217 Å². The maximum Gasteiger partial charge on any atom is 0.0715 e. The molecule has 7 aromatic carbocycles. The monoisotopic (exact) mass is 716 g/mol. The van der Waals surface area contributed by atoms with Crippen molar-refractivity contribution in [2.24, 2.45) is 0 Å². The van der Waals surface area contributed by atoms with Gasteiger partial charge in [0.15, 0.2) is 0 Å². The lowest BCUT2D eigenvalue weighted by Gasteiger charge is -2.14. The molecule has 0 radical (unpaired) electrons. The normalized spacial score (nSPS) is 11.0. The highest BCUT2D eigenvalue weighted by molar-refractivity contribution is 5.84. The largest absolute Gasteiger partial charge is 0.248 e. The summed E-state index contributed by atoms with van der Waals surface area (Å²) in [6.07, 6.45) is 0. The predicted octanol–water partition coefficient (Wildman–Crippen LogP) is 14.4. The van der Waals surface area contributed by atoms with Crippen molar-refractivity contribution in [2.75, 3.05) is 0 Å². The molecule has 0 aliphatic rings. The minimum Gasteiger partial charge on any atom is -0.248 e. The Labute approximate surface area is 329 Å². The Morgan fingerprint density at radius 3 is 0.946 bits per heavy atom. The van der Waals surface area contributed by atoms with E-state index in [2.05, 4.69) is 220 Å². The van der Waals surface area contributed by atoms with Crippen LogP contribution in [0.2, 0.25) is 0 Å². The van der Waals surface area contributed by atoms with Crippen molar-refractivity contribution < 1.29 is 0 Å². The molecule has 0 amide bonds. The number of hydrogen-bond donors (Lipinski definition) is 0. The molecule has 0 spiro atoms. The van der Waals surface area contributed by atoms with E-state index in [0.717, 1.165) is 67.3 Å². The minimum absolute atomic E-state index is 0.938. The fourth-order valence-corrected chi connectivity index (χ4v) is 7.57.